The number of hydrogen-bond acceptors (Lipinski definition) is 4. The topological polar surface area (TPSA) is 51.6 Å². The summed E-state index contributed by atoms with van der Waals surface area (Å²) in [5.74, 6) is 1.50. The minimum absolute atomic E-state index is 0.531. The predicted molar refractivity (Wildman–Crippen MR) is 70.5 cm³/mol. The van der Waals surface area contributed by atoms with Crippen LogP contribution in [0.25, 0.3) is 0 Å². The Hall–Kier alpha value is -2.07. The first-order valence-electron chi connectivity index (χ1n) is 6.22. The second-order valence-electron chi connectivity index (χ2n) is 4.46. The zero-order valence-electron chi connectivity index (χ0n) is 10.7. The van der Waals surface area contributed by atoms with Crippen LogP contribution in [0, 0.1) is 0 Å². The minimum Gasteiger partial charge on any atom is -0.495 e. The standard InChI is InChI=1S/C15H15NO3/c1-18-13-3-2-7-16-14(13)15(17)11-4-5-12-10(9-11)6-8-19-12/h2-5,7,9,15,17H,6,8H2,1H3. The fraction of sp³-hybridized carbons (Fsp3) is 0.267. The third kappa shape index (κ3) is 2.15. The van der Waals surface area contributed by atoms with Gasteiger partial charge >= 0.3 is 0 Å². The molecule has 1 unspecified atom stereocenters. The van der Waals surface area contributed by atoms with Crippen molar-refractivity contribution in [2.75, 3.05) is 13.7 Å². The normalized spacial score (nSPS) is 14.6. The zero-order valence-corrected chi connectivity index (χ0v) is 10.7. The van der Waals surface area contributed by atoms with Crippen LogP contribution in [0.5, 0.6) is 11.5 Å². The maximum Gasteiger partial charge on any atom is 0.143 e. The average Bonchev–Trinajstić information content (AvgIpc) is 2.93. The van der Waals surface area contributed by atoms with Gasteiger partial charge in [0.15, 0.2) is 0 Å². The first-order valence-corrected chi connectivity index (χ1v) is 6.22. The van der Waals surface area contributed by atoms with Gasteiger partial charge in [0.05, 0.1) is 13.7 Å². The lowest BCUT2D eigenvalue weighted by Gasteiger charge is -2.14. The first-order chi connectivity index (χ1) is 9.29. The number of methoxy groups -OCH3 is 1. The lowest BCUT2D eigenvalue weighted by molar-refractivity contribution is 0.209. The number of nitrogens with zero attached hydrogens (tertiary/aromatic N) is 1. The lowest BCUT2D eigenvalue weighted by Crippen LogP contribution is -2.05. The van der Waals surface area contributed by atoms with Crippen LogP contribution in [0.15, 0.2) is 36.5 Å². The van der Waals surface area contributed by atoms with E-state index in [0.717, 1.165) is 23.3 Å². The smallest absolute Gasteiger partial charge is 0.143 e. The van der Waals surface area contributed by atoms with Crippen LogP contribution in [0.4, 0.5) is 0 Å². The highest BCUT2D eigenvalue weighted by Crippen LogP contribution is 2.32. The number of rotatable bonds is 3. The van der Waals surface area contributed by atoms with E-state index < -0.39 is 6.10 Å². The third-order valence-electron chi connectivity index (χ3n) is 3.31. The Morgan fingerprint density at radius 1 is 1.37 bits per heavy atom. The molecule has 3 rings (SSSR count). The molecule has 2 heterocycles. The highest BCUT2D eigenvalue weighted by Gasteiger charge is 2.19. The fourth-order valence-corrected chi connectivity index (χ4v) is 2.32. The van der Waals surface area contributed by atoms with E-state index in [1.807, 2.05) is 18.2 Å². The van der Waals surface area contributed by atoms with Gasteiger partial charge in [0.25, 0.3) is 0 Å². The molecule has 1 aromatic heterocycles. The summed E-state index contributed by atoms with van der Waals surface area (Å²) >= 11 is 0. The van der Waals surface area contributed by atoms with Crippen molar-refractivity contribution >= 4 is 0 Å². The van der Waals surface area contributed by atoms with E-state index >= 15 is 0 Å². The van der Waals surface area contributed by atoms with Gasteiger partial charge in [0, 0.05) is 12.6 Å². The highest BCUT2D eigenvalue weighted by molar-refractivity contribution is 5.43. The largest absolute Gasteiger partial charge is 0.495 e. The summed E-state index contributed by atoms with van der Waals surface area (Å²) in [4.78, 5) is 4.21. The van der Waals surface area contributed by atoms with Gasteiger partial charge in [-0.3, -0.25) is 4.98 Å². The van der Waals surface area contributed by atoms with Crippen molar-refractivity contribution in [3.05, 3.63) is 53.3 Å². The van der Waals surface area contributed by atoms with Crippen LogP contribution in [-0.2, 0) is 6.42 Å². The minimum atomic E-state index is -0.790. The molecule has 0 fully saturated rings. The quantitative estimate of drug-likeness (QED) is 0.915. The summed E-state index contributed by atoms with van der Waals surface area (Å²) < 4.78 is 10.7. The van der Waals surface area contributed by atoms with Crippen LogP contribution in [0.1, 0.15) is 22.9 Å². The van der Waals surface area contributed by atoms with Crippen LogP contribution in [0.2, 0.25) is 0 Å². The van der Waals surface area contributed by atoms with Crippen molar-refractivity contribution in [3.63, 3.8) is 0 Å². The molecule has 0 spiro atoms. The summed E-state index contributed by atoms with van der Waals surface area (Å²) in [5, 5.41) is 10.5. The van der Waals surface area contributed by atoms with Gasteiger partial charge in [-0.1, -0.05) is 6.07 Å². The Labute approximate surface area is 111 Å². The number of benzene rings is 1. The maximum atomic E-state index is 10.5. The van der Waals surface area contributed by atoms with Gasteiger partial charge in [0.1, 0.15) is 23.3 Å². The molecule has 0 amide bonds. The molecule has 98 valence electrons. The molecule has 1 N–H and O–H groups in total. The molecule has 19 heavy (non-hydrogen) atoms. The van der Waals surface area contributed by atoms with Gasteiger partial charge < -0.3 is 14.6 Å². The number of aromatic nitrogens is 1. The molecule has 1 aliphatic rings. The van der Waals surface area contributed by atoms with Crippen molar-refractivity contribution in [3.8, 4) is 11.5 Å². The molecule has 4 nitrogen and oxygen atoms in total. The van der Waals surface area contributed by atoms with Crippen molar-refractivity contribution in [2.45, 2.75) is 12.5 Å². The first kappa shape index (κ1) is 12.0. The van der Waals surface area contributed by atoms with Gasteiger partial charge in [-0.25, -0.2) is 0 Å². The average molecular weight is 257 g/mol. The number of hydrogen-bond donors (Lipinski definition) is 1. The Morgan fingerprint density at radius 2 is 2.26 bits per heavy atom. The molecule has 1 aromatic carbocycles. The second kappa shape index (κ2) is 4.90. The molecule has 1 atom stereocenters. The molecule has 0 saturated carbocycles. The predicted octanol–water partition coefficient (Wildman–Crippen LogP) is 2.11. The van der Waals surface area contributed by atoms with E-state index in [9.17, 15) is 5.11 Å². The molecular formula is C15H15NO3. The van der Waals surface area contributed by atoms with E-state index in [1.54, 1.807) is 25.4 Å². The van der Waals surface area contributed by atoms with Gasteiger partial charge in [-0.15, -0.1) is 0 Å². The molecule has 0 bridgehead atoms. The summed E-state index contributed by atoms with van der Waals surface area (Å²) in [6.45, 7) is 0.710. The number of pyridine rings is 1. The molecule has 1 aliphatic heterocycles. The summed E-state index contributed by atoms with van der Waals surface area (Å²) in [6, 6.07) is 9.31. The molecule has 4 heteroatoms. The molecule has 0 radical (unpaired) electrons. The van der Waals surface area contributed by atoms with Crippen LogP contribution in [0.3, 0.4) is 0 Å². The number of aliphatic hydroxyl groups excluding tert-OH is 1. The summed E-state index contributed by atoms with van der Waals surface area (Å²) in [5.41, 5.74) is 2.47. The Morgan fingerprint density at radius 3 is 3.11 bits per heavy atom. The van der Waals surface area contributed by atoms with Gasteiger partial charge in [-0.2, -0.15) is 0 Å². The van der Waals surface area contributed by atoms with Crippen molar-refractivity contribution in [1.82, 2.24) is 4.98 Å². The number of ether oxygens (including phenoxy) is 2. The van der Waals surface area contributed by atoms with Crippen molar-refractivity contribution in [2.24, 2.45) is 0 Å². The zero-order chi connectivity index (χ0) is 13.2. The van der Waals surface area contributed by atoms with Gasteiger partial charge in [-0.05, 0) is 35.4 Å². The van der Waals surface area contributed by atoms with E-state index in [-0.39, 0.29) is 0 Å². The number of fused-ring (bicyclic) bond motifs is 1. The monoisotopic (exact) mass is 257 g/mol. The van der Waals surface area contributed by atoms with E-state index in [2.05, 4.69) is 4.98 Å². The highest BCUT2D eigenvalue weighted by atomic mass is 16.5. The Kier molecular flexibility index (Phi) is 3.09. The fourth-order valence-electron chi connectivity index (χ4n) is 2.32. The summed E-state index contributed by atoms with van der Waals surface area (Å²) in [6.07, 6.45) is 1.74. The van der Waals surface area contributed by atoms with Crippen molar-refractivity contribution < 1.29 is 14.6 Å². The Bertz CT molecular complexity index is 598. The number of aliphatic hydroxyl groups is 1. The second-order valence-corrected chi connectivity index (χ2v) is 4.46. The van der Waals surface area contributed by atoms with Crippen LogP contribution < -0.4 is 9.47 Å². The molecule has 2 aromatic rings. The van der Waals surface area contributed by atoms with Gasteiger partial charge in [0.2, 0.25) is 0 Å². The summed E-state index contributed by atoms with van der Waals surface area (Å²) in [7, 11) is 1.57. The molecule has 0 saturated heterocycles. The molecule has 0 aliphatic carbocycles. The van der Waals surface area contributed by atoms with E-state index in [1.165, 1.54) is 0 Å². The third-order valence-corrected chi connectivity index (χ3v) is 3.31. The lowest BCUT2D eigenvalue weighted by atomic mass is 10.0. The van der Waals surface area contributed by atoms with E-state index in [4.69, 9.17) is 9.47 Å². The van der Waals surface area contributed by atoms with Crippen molar-refractivity contribution in [1.29, 1.82) is 0 Å². The SMILES string of the molecule is COc1cccnc1C(O)c1ccc2c(c1)CCO2. The molecular weight excluding hydrogens is 242 g/mol. The Balaban J connectivity index is 1.97. The maximum absolute atomic E-state index is 10.5. The van der Waals surface area contributed by atoms with Crippen LogP contribution in [-0.4, -0.2) is 23.8 Å². The van der Waals surface area contributed by atoms with E-state index in [0.29, 0.717) is 18.1 Å². The van der Waals surface area contributed by atoms with Crippen LogP contribution >= 0.6 is 0 Å².